The molecule has 6 rings (SSSR count). The first kappa shape index (κ1) is 26.1. The molecular formula is C32H29N3O4S. The van der Waals surface area contributed by atoms with Crippen molar-refractivity contribution in [2.75, 3.05) is 18.9 Å². The van der Waals surface area contributed by atoms with Crippen LogP contribution >= 0.6 is 0 Å². The predicted octanol–water partition coefficient (Wildman–Crippen LogP) is 4.87. The van der Waals surface area contributed by atoms with Gasteiger partial charge in [0.15, 0.2) is 0 Å². The van der Waals surface area contributed by atoms with E-state index in [-0.39, 0.29) is 18.0 Å². The summed E-state index contributed by atoms with van der Waals surface area (Å²) in [7, 11) is -1.82. The third-order valence-electron chi connectivity index (χ3n) is 7.62. The zero-order chi connectivity index (χ0) is 27.9. The molecule has 4 aromatic carbocycles. The molecule has 0 aliphatic carbocycles. The Hall–Kier alpha value is -4.11. The molecule has 0 saturated heterocycles. The number of anilines is 1. The number of Topliss-reactive ketones (excluding diaryl/α,β-unsaturated/α-hetero) is 1. The van der Waals surface area contributed by atoms with Crippen molar-refractivity contribution in [2.24, 2.45) is 0 Å². The van der Waals surface area contributed by atoms with Crippen molar-refractivity contribution in [3.8, 4) is 11.1 Å². The van der Waals surface area contributed by atoms with Crippen molar-refractivity contribution < 1.29 is 18.0 Å². The van der Waals surface area contributed by atoms with Crippen LogP contribution in [0, 0.1) is 0 Å². The summed E-state index contributed by atoms with van der Waals surface area (Å²) < 4.78 is 29.3. The number of ketones is 1. The minimum atomic E-state index is -3.83. The molecule has 1 amide bonds. The highest BCUT2D eigenvalue weighted by atomic mass is 32.2. The van der Waals surface area contributed by atoms with E-state index in [2.05, 4.69) is 10.2 Å². The van der Waals surface area contributed by atoms with Crippen molar-refractivity contribution in [1.29, 1.82) is 0 Å². The van der Waals surface area contributed by atoms with Gasteiger partial charge in [-0.15, -0.1) is 0 Å². The number of benzene rings is 4. The average Bonchev–Trinajstić information content (AvgIpc) is 3.26. The Morgan fingerprint density at radius 3 is 2.00 bits per heavy atom. The summed E-state index contributed by atoms with van der Waals surface area (Å²) in [6.07, 6.45) is 0.764. The van der Waals surface area contributed by atoms with Gasteiger partial charge in [-0.2, -0.15) is 4.31 Å². The Labute approximate surface area is 234 Å². The third kappa shape index (κ3) is 4.86. The second kappa shape index (κ2) is 10.5. The van der Waals surface area contributed by atoms with E-state index in [1.54, 1.807) is 30.3 Å². The number of hydrogen-bond acceptors (Lipinski definition) is 5. The number of amides is 1. The van der Waals surface area contributed by atoms with Crippen molar-refractivity contribution in [3.63, 3.8) is 0 Å². The minimum Gasteiger partial charge on any atom is -0.318 e. The number of fused-ring (bicyclic) bond motifs is 3. The molecule has 0 radical (unpaired) electrons. The van der Waals surface area contributed by atoms with E-state index in [9.17, 15) is 18.0 Å². The fourth-order valence-electron chi connectivity index (χ4n) is 5.52. The molecule has 0 aromatic heterocycles. The van der Waals surface area contributed by atoms with Gasteiger partial charge in [-0.1, -0.05) is 72.8 Å². The Bertz CT molecular complexity index is 1660. The van der Waals surface area contributed by atoms with E-state index in [0.717, 1.165) is 46.3 Å². The molecule has 2 heterocycles. The predicted molar refractivity (Wildman–Crippen MR) is 154 cm³/mol. The van der Waals surface area contributed by atoms with Gasteiger partial charge in [-0.05, 0) is 65.0 Å². The lowest BCUT2D eigenvalue weighted by molar-refractivity contribution is -0.112. The van der Waals surface area contributed by atoms with Gasteiger partial charge in [-0.3, -0.25) is 9.59 Å². The Kier molecular flexibility index (Phi) is 6.83. The zero-order valence-corrected chi connectivity index (χ0v) is 22.9. The molecule has 0 bridgehead atoms. The van der Waals surface area contributed by atoms with E-state index in [1.165, 1.54) is 4.31 Å². The molecular weight excluding hydrogens is 522 g/mol. The fourth-order valence-corrected chi connectivity index (χ4v) is 6.94. The molecule has 4 aromatic rings. The molecule has 8 heteroatoms. The molecule has 2 aliphatic heterocycles. The van der Waals surface area contributed by atoms with Crippen LogP contribution in [0.15, 0.2) is 95.9 Å². The van der Waals surface area contributed by atoms with Crippen LogP contribution in [0.3, 0.4) is 0 Å². The normalized spacial score (nSPS) is 15.2. The third-order valence-corrected chi connectivity index (χ3v) is 9.42. The van der Waals surface area contributed by atoms with Gasteiger partial charge in [0.05, 0.1) is 16.1 Å². The summed E-state index contributed by atoms with van der Waals surface area (Å²) in [6.45, 7) is 1.96. The lowest BCUT2D eigenvalue weighted by Gasteiger charge is -2.29. The maximum atomic E-state index is 13.9. The summed E-state index contributed by atoms with van der Waals surface area (Å²) in [5.41, 5.74) is 6.50. The first-order valence-electron chi connectivity index (χ1n) is 13.2. The summed E-state index contributed by atoms with van der Waals surface area (Å²) >= 11 is 0. The van der Waals surface area contributed by atoms with Crippen molar-refractivity contribution in [2.45, 2.75) is 31.0 Å². The van der Waals surface area contributed by atoms with Crippen LogP contribution in [0.2, 0.25) is 0 Å². The van der Waals surface area contributed by atoms with Gasteiger partial charge in [0, 0.05) is 26.2 Å². The highest BCUT2D eigenvalue weighted by molar-refractivity contribution is 7.89. The molecule has 7 nitrogen and oxygen atoms in total. The van der Waals surface area contributed by atoms with E-state index in [4.69, 9.17) is 0 Å². The van der Waals surface area contributed by atoms with Crippen molar-refractivity contribution in [3.05, 3.63) is 119 Å². The highest BCUT2D eigenvalue weighted by Crippen LogP contribution is 2.40. The molecule has 0 fully saturated rings. The number of carbonyl (C=O) groups excluding carboxylic acids is 2. The number of carbonyl (C=O) groups is 2. The number of hydrogen-bond donors (Lipinski definition) is 1. The van der Waals surface area contributed by atoms with Gasteiger partial charge in [0.25, 0.3) is 11.7 Å². The second-order valence-corrected chi connectivity index (χ2v) is 12.3. The van der Waals surface area contributed by atoms with Crippen LogP contribution < -0.4 is 5.32 Å². The Balaban J connectivity index is 1.37. The molecule has 40 heavy (non-hydrogen) atoms. The van der Waals surface area contributed by atoms with Crippen LogP contribution in [-0.2, 0) is 40.9 Å². The van der Waals surface area contributed by atoms with Gasteiger partial charge in [-0.25, -0.2) is 8.42 Å². The van der Waals surface area contributed by atoms with Crippen molar-refractivity contribution >= 4 is 27.4 Å². The van der Waals surface area contributed by atoms with Crippen LogP contribution in [0.5, 0.6) is 0 Å². The Morgan fingerprint density at radius 1 is 0.800 bits per heavy atom. The van der Waals surface area contributed by atoms with E-state index < -0.39 is 21.7 Å². The molecule has 0 spiro atoms. The average molecular weight is 552 g/mol. The number of rotatable bonds is 7. The smallest absolute Gasteiger partial charge is 0.296 e. The lowest BCUT2D eigenvalue weighted by atomic mass is 9.87. The largest absolute Gasteiger partial charge is 0.318 e. The highest BCUT2D eigenvalue weighted by Gasteiger charge is 2.34. The molecule has 0 saturated carbocycles. The molecule has 202 valence electrons. The van der Waals surface area contributed by atoms with E-state index >= 15 is 0 Å². The number of nitrogens with one attached hydrogen (secondary N) is 1. The number of likely N-dealkylation sites (N-methyl/N-ethyl adjacent to an activating group) is 1. The SMILES string of the molecule is CN1CCc2c(-c3ccc(S(=O)(=O)N(Cc4ccccc4)Cc4ccccc4)cc3)cc3c(c2C1)NC(=O)C3=O. The monoisotopic (exact) mass is 551 g/mol. The van der Waals surface area contributed by atoms with Gasteiger partial charge < -0.3 is 10.2 Å². The first-order chi connectivity index (χ1) is 19.3. The second-order valence-electron chi connectivity index (χ2n) is 10.3. The zero-order valence-electron chi connectivity index (χ0n) is 22.1. The maximum Gasteiger partial charge on any atom is 0.296 e. The molecule has 0 atom stereocenters. The molecule has 2 aliphatic rings. The number of sulfonamides is 1. The standard InChI is InChI=1S/C32H29N3O4S/c1-34-17-16-26-27(18-28-30(29(26)21-34)33-32(37)31(28)36)24-12-14-25(15-13-24)40(38,39)35(19-22-8-4-2-5-9-22)20-23-10-6-3-7-11-23/h2-15,18H,16-17,19-21H2,1H3,(H,33,36,37). The number of nitrogens with zero attached hydrogens (tertiary/aromatic N) is 2. The summed E-state index contributed by atoms with van der Waals surface area (Å²) in [5, 5.41) is 2.76. The molecule has 0 unspecified atom stereocenters. The van der Waals surface area contributed by atoms with E-state index in [0.29, 0.717) is 17.8 Å². The molecule has 1 N–H and O–H groups in total. The fraction of sp³-hybridized carbons (Fsp3) is 0.188. The summed E-state index contributed by atoms with van der Waals surface area (Å²) in [6, 6.07) is 27.8. The summed E-state index contributed by atoms with van der Waals surface area (Å²) in [4.78, 5) is 27.1. The van der Waals surface area contributed by atoms with Crippen LogP contribution in [0.25, 0.3) is 11.1 Å². The van der Waals surface area contributed by atoms with Crippen LogP contribution in [0.1, 0.15) is 32.6 Å². The Morgan fingerprint density at radius 2 is 1.40 bits per heavy atom. The first-order valence-corrected chi connectivity index (χ1v) is 14.7. The van der Waals surface area contributed by atoms with Gasteiger partial charge >= 0.3 is 0 Å². The van der Waals surface area contributed by atoms with E-state index in [1.807, 2.05) is 67.7 Å². The van der Waals surface area contributed by atoms with Gasteiger partial charge in [0.1, 0.15) is 0 Å². The quantitative estimate of drug-likeness (QED) is 0.331. The van der Waals surface area contributed by atoms with Gasteiger partial charge in [0.2, 0.25) is 10.0 Å². The maximum absolute atomic E-state index is 13.9. The van der Waals surface area contributed by atoms with Crippen LogP contribution in [-0.4, -0.2) is 42.9 Å². The summed E-state index contributed by atoms with van der Waals surface area (Å²) in [5.74, 6) is -1.15. The topological polar surface area (TPSA) is 86.8 Å². The van der Waals surface area contributed by atoms with Crippen molar-refractivity contribution in [1.82, 2.24) is 9.21 Å². The van der Waals surface area contributed by atoms with Crippen LogP contribution in [0.4, 0.5) is 5.69 Å². The lowest BCUT2D eigenvalue weighted by Crippen LogP contribution is -2.30. The minimum absolute atomic E-state index is 0.200.